The molecule has 2 heteroatoms. The fourth-order valence-corrected chi connectivity index (χ4v) is 4.31. The summed E-state index contributed by atoms with van der Waals surface area (Å²) in [6, 6.07) is 9.89. The van der Waals surface area contributed by atoms with Crippen LogP contribution in [0.2, 0.25) is 0 Å². The third-order valence-corrected chi connectivity index (χ3v) is 5.61. The molecule has 2 fully saturated rings. The Labute approximate surface area is 129 Å². The molecule has 2 aliphatic rings. The van der Waals surface area contributed by atoms with Gasteiger partial charge in [0, 0.05) is 18.6 Å². The van der Waals surface area contributed by atoms with Crippen molar-refractivity contribution in [1.29, 1.82) is 0 Å². The van der Waals surface area contributed by atoms with E-state index < -0.39 is 0 Å². The Bertz CT molecular complexity index is 433. The van der Waals surface area contributed by atoms with Crippen LogP contribution in [0.3, 0.4) is 0 Å². The fraction of sp³-hybridized carbons (Fsp3) is 0.684. The Morgan fingerprint density at radius 1 is 1.10 bits per heavy atom. The number of nitrogens with two attached hydrogens (primary N) is 1. The molecule has 21 heavy (non-hydrogen) atoms. The highest BCUT2D eigenvalue weighted by Gasteiger charge is 2.33. The Morgan fingerprint density at radius 2 is 1.81 bits per heavy atom. The lowest BCUT2D eigenvalue weighted by molar-refractivity contribution is 0.181. The van der Waals surface area contributed by atoms with E-state index >= 15 is 0 Å². The summed E-state index contributed by atoms with van der Waals surface area (Å²) in [6.07, 6.45) is 9.64. The Balaban J connectivity index is 1.61. The first-order valence-corrected chi connectivity index (χ1v) is 8.86. The van der Waals surface area contributed by atoms with Gasteiger partial charge in [-0.25, -0.2) is 0 Å². The number of aryl methyl sites for hydroxylation is 1. The summed E-state index contributed by atoms with van der Waals surface area (Å²) in [4.78, 5) is 2.69. The summed E-state index contributed by atoms with van der Waals surface area (Å²) >= 11 is 0. The molecule has 1 aliphatic heterocycles. The summed E-state index contributed by atoms with van der Waals surface area (Å²) in [5.74, 6) is 0.946. The average Bonchev–Trinajstić information content (AvgIpc) is 3.18. The molecule has 1 heterocycles. The van der Waals surface area contributed by atoms with Crippen molar-refractivity contribution < 1.29 is 0 Å². The number of rotatable bonds is 5. The number of nitrogens with zero attached hydrogens (tertiary/aromatic N) is 1. The lowest BCUT2D eigenvalue weighted by Crippen LogP contribution is -2.39. The molecular formula is C19H30N2. The van der Waals surface area contributed by atoms with Crippen LogP contribution in [0.15, 0.2) is 24.3 Å². The van der Waals surface area contributed by atoms with E-state index in [0.717, 1.165) is 24.9 Å². The molecule has 2 atom stereocenters. The molecule has 1 saturated carbocycles. The minimum Gasteiger partial charge on any atom is -0.323 e. The molecule has 0 spiro atoms. The normalized spacial score (nSPS) is 25.5. The topological polar surface area (TPSA) is 29.3 Å². The van der Waals surface area contributed by atoms with Gasteiger partial charge in [-0.3, -0.25) is 4.90 Å². The molecule has 1 aromatic carbocycles. The van der Waals surface area contributed by atoms with Crippen LogP contribution >= 0.6 is 0 Å². The molecular weight excluding hydrogens is 256 g/mol. The Hall–Kier alpha value is -0.860. The SMILES string of the molecule is CCc1ccc(C(N)CN2CCCC2C2CCCC2)cc1. The van der Waals surface area contributed by atoms with Crippen LogP contribution in [0.5, 0.6) is 0 Å². The van der Waals surface area contributed by atoms with E-state index in [0.29, 0.717) is 0 Å². The number of likely N-dealkylation sites (tertiary alicyclic amines) is 1. The maximum absolute atomic E-state index is 6.49. The molecule has 116 valence electrons. The van der Waals surface area contributed by atoms with Gasteiger partial charge in [0.2, 0.25) is 0 Å². The Morgan fingerprint density at radius 3 is 2.48 bits per heavy atom. The second-order valence-electron chi connectivity index (χ2n) is 6.95. The van der Waals surface area contributed by atoms with E-state index in [1.54, 1.807) is 0 Å². The predicted octanol–water partition coefficient (Wildman–Crippen LogP) is 3.90. The summed E-state index contributed by atoms with van der Waals surface area (Å²) in [7, 11) is 0. The third-order valence-electron chi connectivity index (χ3n) is 5.61. The highest BCUT2D eigenvalue weighted by molar-refractivity contribution is 5.25. The summed E-state index contributed by atoms with van der Waals surface area (Å²) in [5, 5.41) is 0. The van der Waals surface area contributed by atoms with Crippen molar-refractivity contribution in [2.24, 2.45) is 11.7 Å². The highest BCUT2D eigenvalue weighted by atomic mass is 15.2. The standard InChI is InChI=1S/C19H30N2/c1-2-15-9-11-16(12-10-15)18(20)14-21-13-5-8-19(21)17-6-3-4-7-17/h9-12,17-19H,2-8,13-14,20H2,1H3. The van der Waals surface area contributed by atoms with Crippen molar-refractivity contribution in [3.8, 4) is 0 Å². The van der Waals surface area contributed by atoms with Crippen molar-refractivity contribution >= 4 is 0 Å². The van der Waals surface area contributed by atoms with Crippen molar-refractivity contribution in [1.82, 2.24) is 4.90 Å². The van der Waals surface area contributed by atoms with Gasteiger partial charge in [-0.2, -0.15) is 0 Å². The second kappa shape index (κ2) is 6.93. The van der Waals surface area contributed by atoms with Crippen LogP contribution in [-0.4, -0.2) is 24.0 Å². The minimum atomic E-state index is 0.165. The summed E-state index contributed by atoms with van der Waals surface area (Å²) in [6.45, 7) is 4.49. The van der Waals surface area contributed by atoms with Gasteiger partial charge < -0.3 is 5.73 Å². The molecule has 1 aliphatic carbocycles. The van der Waals surface area contributed by atoms with Crippen LogP contribution in [-0.2, 0) is 6.42 Å². The van der Waals surface area contributed by atoms with E-state index in [4.69, 9.17) is 5.73 Å². The van der Waals surface area contributed by atoms with Gasteiger partial charge in [0.05, 0.1) is 0 Å². The Kier molecular flexibility index (Phi) is 4.97. The zero-order valence-electron chi connectivity index (χ0n) is 13.4. The first-order valence-electron chi connectivity index (χ1n) is 8.86. The molecule has 0 bridgehead atoms. The van der Waals surface area contributed by atoms with E-state index in [2.05, 4.69) is 36.1 Å². The quantitative estimate of drug-likeness (QED) is 0.889. The van der Waals surface area contributed by atoms with E-state index in [1.807, 2.05) is 0 Å². The monoisotopic (exact) mass is 286 g/mol. The molecule has 2 N–H and O–H groups in total. The van der Waals surface area contributed by atoms with Crippen LogP contribution in [0, 0.1) is 5.92 Å². The van der Waals surface area contributed by atoms with Gasteiger partial charge in [-0.1, -0.05) is 44.0 Å². The maximum atomic E-state index is 6.49. The van der Waals surface area contributed by atoms with Crippen molar-refractivity contribution in [3.63, 3.8) is 0 Å². The van der Waals surface area contributed by atoms with Crippen LogP contribution in [0.4, 0.5) is 0 Å². The second-order valence-corrected chi connectivity index (χ2v) is 6.95. The van der Waals surface area contributed by atoms with Gasteiger partial charge in [0.1, 0.15) is 0 Å². The summed E-state index contributed by atoms with van der Waals surface area (Å²) < 4.78 is 0. The smallest absolute Gasteiger partial charge is 0.0424 e. The van der Waals surface area contributed by atoms with Gasteiger partial charge in [-0.05, 0) is 55.7 Å². The molecule has 1 saturated heterocycles. The number of benzene rings is 1. The van der Waals surface area contributed by atoms with Crippen molar-refractivity contribution in [2.45, 2.75) is 64.0 Å². The first-order chi connectivity index (χ1) is 10.3. The molecule has 0 amide bonds. The zero-order chi connectivity index (χ0) is 14.7. The molecule has 0 aromatic heterocycles. The summed E-state index contributed by atoms with van der Waals surface area (Å²) in [5.41, 5.74) is 9.18. The maximum Gasteiger partial charge on any atom is 0.0424 e. The average molecular weight is 286 g/mol. The number of hydrogen-bond donors (Lipinski definition) is 1. The lowest BCUT2D eigenvalue weighted by atomic mass is 9.95. The third kappa shape index (κ3) is 3.49. The lowest BCUT2D eigenvalue weighted by Gasteiger charge is -2.31. The predicted molar refractivity (Wildman–Crippen MR) is 89.3 cm³/mol. The van der Waals surface area contributed by atoms with Crippen LogP contribution in [0.25, 0.3) is 0 Å². The van der Waals surface area contributed by atoms with E-state index in [1.165, 1.54) is 56.2 Å². The molecule has 2 nitrogen and oxygen atoms in total. The van der Waals surface area contributed by atoms with Crippen LogP contribution < -0.4 is 5.73 Å². The highest BCUT2D eigenvalue weighted by Crippen LogP contribution is 2.35. The largest absolute Gasteiger partial charge is 0.323 e. The molecule has 2 unspecified atom stereocenters. The fourth-order valence-electron chi connectivity index (χ4n) is 4.31. The minimum absolute atomic E-state index is 0.165. The van der Waals surface area contributed by atoms with Gasteiger partial charge in [-0.15, -0.1) is 0 Å². The van der Waals surface area contributed by atoms with E-state index in [9.17, 15) is 0 Å². The molecule has 3 rings (SSSR count). The zero-order valence-corrected chi connectivity index (χ0v) is 13.4. The van der Waals surface area contributed by atoms with E-state index in [-0.39, 0.29) is 6.04 Å². The molecule has 1 aromatic rings. The molecule has 0 radical (unpaired) electrons. The van der Waals surface area contributed by atoms with Crippen molar-refractivity contribution in [3.05, 3.63) is 35.4 Å². The van der Waals surface area contributed by atoms with Crippen molar-refractivity contribution in [2.75, 3.05) is 13.1 Å². The van der Waals surface area contributed by atoms with Gasteiger partial charge in [0.25, 0.3) is 0 Å². The van der Waals surface area contributed by atoms with Crippen LogP contribution in [0.1, 0.15) is 62.6 Å². The first kappa shape index (κ1) is 15.1. The number of hydrogen-bond acceptors (Lipinski definition) is 2. The van der Waals surface area contributed by atoms with Gasteiger partial charge in [0.15, 0.2) is 0 Å². The van der Waals surface area contributed by atoms with Gasteiger partial charge >= 0.3 is 0 Å².